The molecule has 1 rings (SSSR count). The Morgan fingerprint density at radius 3 is 2.88 bits per heavy atom. The Labute approximate surface area is 50.3 Å². The average Bonchev–Trinajstić information content (AvgIpc) is 2.14. The summed E-state index contributed by atoms with van der Waals surface area (Å²) in [6.07, 6.45) is 0. The van der Waals surface area contributed by atoms with Gasteiger partial charge >= 0.3 is 0 Å². The van der Waals surface area contributed by atoms with Crippen molar-refractivity contribution in [1.29, 1.82) is 0 Å². The van der Waals surface area contributed by atoms with E-state index in [4.69, 9.17) is 5.73 Å². The molecule has 4 heteroatoms. The first-order valence-corrected chi connectivity index (χ1v) is 3.02. The number of hydrogen-bond acceptors (Lipinski definition) is 3. The SMILES string of the molecule is NCc1cc(=O)s[nH]1. The van der Waals surface area contributed by atoms with Crippen LogP contribution in [0.2, 0.25) is 0 Å². The van der Waals surface area contributed by atoms with Gasteiger partial charge in [-0.2, -0.15) is 0 Å². The summed E-state index contributed by atoms with van der Waals surface area (Å²) in [4.78, 5) is 10.4. The molecule has 1 aromatic heterocycles. The van der Waals surface area contributed by atoms with Crippen LogP contribution in [0.3, 0.4) is 0 Å². The molecule has 3 N–H and O–H groups in total. The van der Waals surface area contributed by atoms with Gasteiger partial charge in [0.05, 0.1) is 0 Å². The third-order valence-corrected chi connectivity index (χ3v) is 1.48. The number of aromatic nitrogens is 1. The van der Waals surface area contributed by atoms with Crippen molar-refractivity contribution in [3.05, 3.63) is 21.3 Å². The zero-order chi connectivity index (χ0) is 5.98. The van der Waals surface area contributed by atoms with Crippen LogP contribution in [0.25, 0.3) is 0 Å². The number of hydrogen-bond donors (Lipinski definition) is 2. The molecule has 0 atom stereocenters. The van der Waals surface area contributed by atoms with Gasteiger partial charge in [0.1, 0.15) is 0 Å². The van der Waals surface area contributed by atoms with E-state index >= 15 is 0 Å². The number of aromatic amines is 1. The molecule has 1 aromatic rings. The van der Waals surface area contributed by atoms with Crippen molar-refractivity contribution in [2.75, 3.05) is 0 Å². The largest absolute Gasteiger partial charge is 0.325 e. The third kappa shape index (κ3) is 0.962. The van der Waals surface area contributed by atoms with E-state index in [0.29, 0.717) is 6.54 Å². The van der Waals surface area contributed by atoms with Crippen molar-refractivity contribution >= 4 is 11.5 Å². The predicted molar refractivity (Wildman–Crippen MR) is 32.8 cm³/mol. The van der Waals surface area contributed by atoms with E-state index in [1.54, 1.807) is 0 Å². The highest BCUT2D eigenvalue weighted by Crippen LogP contribution is 1.88. The molecule has 3 nitrogen and oxygen atoms in total. The van der Waals surface area contributed by atoms with Gasteiger partial charge in [0.2, 0.25) is 4.74 Å². The minimum absolute atomic E-state index is 0.0328. The Morgan fingerprint density at radius 2 is 2.62 bits per heavy atom. The van der Waals surface area contributed by atoms with Crippen LogP contribution in [0.5, 0.6) is 0 Å². The number of H-pyrrole nitrogens is 1. The normalized spacial score (nSPS) is 9.62. The van der Waals surface area contributed by atoms with E-state index in [2.05, 4.69) is 4.37 Å². The summed E-state index contributed by atoms with van der Waals surface area (Å²) in [7, 11) is 0. The van der Waals surface area contributed by atoms with Crippen LogP contribution in [0, 0.1) is 0 Å². The molecule has 0 aliphatic carbocycles. The van der Waals surface area contributed by atoms with Gasteiger partial charge in [-0.25, -0.2) is 0 Å². The summed E-state index contributed by atoms with van der Waals surface area (Å²) >= 11 is 1.07. The molecule has 1 heterocycles. The lowest BCUT2D eigenvalue weighted by atomic mass is 10.4. The molecule has 0 aliphatic heterocycles. The Balaban J connectivity index is 3.01. The highest BCUT2D eigenvalue weighted by molar-refractivity contribution is 7.03. The van der Waals surface area contributed by atoms with E-state index in [-0.39, 0.29) is 4.74 Å². The maximum absolute atomic E-state index is 10.4. The molecule has 0 saturated heterocycles. The van der Waals surface area contributed by atoms with Crippen LogP contribution < -0.4 is 10.5 Å². The minimum atomic E-state index is 0.0328. The van der Waals surface area contributed by atoms with Gasteiger partial charge in [-0.1, -0.05) is 0 Å². The van der Waals surface area contributed by atoms with Gasteiger partial charge in [-0.3, -0.25) is 4.79 Å². The van der Waals surface area contributed by atoms with E-state index in [1.807, 2.05) is 0 Å². The second-order valence-electron chi connectivity index (χ2n) is 1.40. The maximum Gasteiger partial charge on any atom is 0.249 e. The first kappa shape index (κ1) is 5.53. The van der Waals surface area contributed by atoms with Gasteiger partial charge in [-0.05, 0) is 11.5 Å². The molecule has 0 bridgehead atoms. The standard InChI is InChI=1S/C4H6N2OS/c5-2-3-1-4(7)8-6-3/h1,6H,2,5H2. The smallest absolute Gasteiger partial charge is 0.249 e. The predicted octanol–water partition coefficient (Wildman–Crippen LogP) is -0.105. The number of nitrogens with one attached hydrogen (secondary N) is 1. The van der Waals surface area contributed by atoms with Crippen LogP contribution in [-0.2, 0) is 6.54 Å². The van der Waals surface area contributed by atoms with Gasteiger partial charge in [-0.15, -0.1) is 0 Å². The summed E-state index contributed by atoms with van der Waals surface area (Å²) in [5, 5.41) is 0. The number of rotatable bonds is 1. The quantitative estimate of drug-likeness (QED) is 0.557. The lowest BCUT2D eigenvalue weighted by molar-refractivity contribution is 1.03. The van der Waals surface area contributed by atoms with Crippen LogP contribution in [0.4, 0.5) is 0 Å². The monoisotopic (exact) mass is 130 g/mol. The molecular weight excluding hydrogens is 124 g/mol. The van der Waals surface area contributed by atoms with Crippen molar-refractivity contribution in [1.82, 2.24) is 4.37 Å². The fourth-order valence-corrected chi connectivity index (χ4v) is 0.993. The molecule has 0 saturated carbocycles. The highest BCUT2D eigenvalue weighted by atomic mass is 32.1. The zero-order valence-corrected chi connectivity index (χ0v) is 4.99. The average molecular weight is 130 g/mol. The molecule has 0 unspecified atom stereocenters. The van der Waals surface area contributed by atoms with E-state index in [1.165, 1.54) is 6.07 Å². The van der Waals surface area contributed by atoms with Gasteiger partial charge in [0, 0.05) is 18.3 Å². The van der Waals surface area contributed by atoms with Gasteiger partial charge in [0.25, 0.3) is 0 Å². The van der Waals surface area contributed by atoms with Crippen LogP contribution in [-0.4, -0.2) is 4.37 Å². The molecule has 8 heavy (non-hydrogen) atoms. The van der Waals surface area contributed by atoms with E-state index < -0.39 is 0 Å². The van der Waals surface area contributed by atoms with Gasteiger partial charge < -0.3 is 10.1 Å². The van der Waals surface area contributed by atoms with Crippen LogP contribution in [0.1, 0.15) is 5.69 Å². The lowest BCUT2D eigenvalue weighted by Crippen LogP contribution is -1.95. The molecule has 44 valence electrons. The van der Waals surface area contributed by atoms with Crippen LogP contribution >= 0.6 is 11.5 Å². The fourth-order valence-electron chi connectivity index (χ4n) is 0.418. The highest BCUT2D eigenvalue weighted by Gasteiger charge is 1.89. The fraction of sp³-hybridized carbons (Fsp3) is 0.250. The first-order chi connectivity index (χ1) is 3.83. The van der Waals surface area contributed by atoms with Crippen molar-refractivity contribution in [2.24, 2.45) is 5.73 Å². The Hall–Kier alpha value is -0.610. The summed E-state index contributed by atoms with van der Waals surface area (Å²) in [6, 6.07) is 1.50. The second-order valence-corrected chi connectivity index (χ2v) is 2.21. The number of nitrogens with two attached hydrogens (primary N) is 1. The summed E-state index contributed by atoms with van der Waals surface area (Å²) in [5.74, 6) is 0. The summed E-state index contributed by atoms with van der Waals surface area (Å²) in [5.41, 5.74) is 6.01. The Bertz CT molecular complexity index is 214. The van der Waals surface area contributed by atoms with Crippen molar-refractivity contribution in [3.8, 4) is 0 Å². The summed E-state index contributed by atoms with van der Waals surface area (Å²) in [6.45, 7) is 0.415. The van der Waals surface area contributed by atoms with Crippen molar-refractivity contribution in [3.63, 3.8) is 0 Å². The Kier molecular flexibility index (Phi) is 1.45. The van der Waals surface area contributed by atoms with Crippen molar-refractivity contribution < 1.29 is 0 Å². The maximum atomic E-state index is 10.4. The lowest BCUT2D eigenvalue weighted by Gasteiger charge is -1.80. The first-order valence-electron chi connectivity index (χ1n) is 2.20. The molecular formula is C4H6N2OS. The molecule has 0 aliphatic rings. The molecule has 0 aromatic carbocycles. The summed E-state index contributed by atoms with van der Waals surface area (Å²) < 4.78 is 2.79. The van der Waals surface area contributed by atoms with E-state index in [9.17, 15) is 4.79 Å². The third-order valence-electron chi connectivity index (χ3n) is 0.795. The Morgan fingerprint density at radius 1 is 1.88 bits per heavy atom. The molecule has 0 amide bonds. The topological polar surface area (TPSA) is 58.9 Å². The minimum Gasteiger partial charge on any atom is -0.325 e. The van der Waals surface area contributed by atoms with Crippen molar-refractivity contribution in [2.45, 2.75) is 6.54 Å². The van der Waals surface area contributed by atoms with Gasteiger partial charge in [0.15, 0.2) is 0 Å². The molecule has 0 fully saturated rings. The second kappa shape index (κ2) is 2.11. The zero-order valence-electron chi connectivity index (χ0n) is 4.18. The molecule has 0 radical (unpaired) electrons. The van der Waals surface area contributed by atoms with E-state index in [0.717, 1.165) is 17.2 Å². The molecule has 0 spiro atoms. The van der Waals surface area contributed by atoms with Crippen LogP contribution in [0.15, 0.2) is 10.9 Å².